The van der Waals surface area contributed by atoms with Gasteiger partial charge in [-0.3, -0.25) is 4.79 Å². The van der Waals surface area contributed by atoms with Gasteiger partial charge in [-0.05, 0) is 62.5 Å². The molecule has 5 nitrogen and oxygen atoms in total. The van der Waals surface area contributed by atoms with Gasteiger partial charge in [-0.15, -0.1) is 0 Å². The Bertz CT molecular complexity index is 876. The maximum absolute atomic E-state index is 14.8. The van der Waals surface area contributed by atoms with Crippen molar-refractivity contribution in [3.05, 3.63) is 29.3 Å². The van der Waals surface area contributed by atoms with E-state index in [2.05, 4.69) is 5.32 Å². The number of amides is 1. The summed E-state index contributed by atoms with van der Waals surface area (Å²) >= 11 is 0. The van der Waals surface area contributed by atoms with Gasteiger partial charge in [0.2, 0.25) is 0 Å². The molecule has 1 unspecified atom stereocenters. The highest BCUT2D eigenvalue weighted by atomic mass is 32.2. The summed E-state index contributed by atoms with van der Waals surface area (Å²) in [7, 11) is -3.88. The minimum Gasteiger partial charge on any atom is -0.378 e. The van der Waals surface area contributed by atoms with Crippen LogP contribution in [-0.4, -0.2) is 38.8 Å². The average Bonchev–Trinajstić information content (AvgIpc) is 3.44. The number of hydrogen-bond acceptors (Lipinski definition) is 4. The third kappa shape index (κ3) is 3.49. The maximum atomic E-state index is 14.8. The van der Waals surface area contributed by atoms with E-state index in [-0.39, 0.29) is 29.2 Å². The quantitative estimate of drug-likeness (QED) is 0.716. The van der Waals surface area contributed by atoms with Gasteiger partial charge >= 0.3 is 0 Å². The number of rotatable bonds is 7. The molecule has 1 spiro atoms. The van der Waals surface area contributed by atoms with Crippen LogP contribution >= 0.6 is 0 Å². The monoisotopic (exact) mass is 399 g/mol. The molecular weight excluding hydrogens is 376 g/mol. The first-order valence-corrected chi connectivity index (χ1v) is 11.0. The molecular formula is C19H23F2NO4S. The standard InChI is InChI=1S/C19H23F2NO4S/c1-2-26-12-7-19(8-12)9-15(19)22-18(23)16-13(20)5-6-14(17(16)21)27(24,25)10-11-3-4-11/h5-6,11-12,15H,2-4,7-10H2,1H3,(H,22,23). The van der Waals surface area contributed by atoms with E-state index < -0.39 is 37.8 Å². The van der Waals surface area contributed by atoms with Crippen molar-refractivity contribution < 1.29 is 26.7 Å². The Labute approximate surface area is 157 Å². The molecule has 1 atom stereocenters. The Kier molecular flexibility index (Phi) is 4.54. The predicted octanol–water partition coefficient (Wildman–Crippen LogP) is 2.84. The molecule has 148 valence electrons. The number of nitrogens with one attached hydrogen (secondary N) is 1. The van der Waals surface area contributed by atoms with Crippen LogP contribution in [0.15, 0.2) is 17.0 Å². The number of carbonyl (C=O) groups is 1. The molecule has 1 amide bonds. The molecule has 3 aliphatic rings. The summed E-state index contributed by atoms with van der Waals surface area (Å²) < 4.78 is 59.2. The number of halogens is 2. The molecule has 0 heterocycles. The van der Waals surface area contributed by atoms with Gasteiger partial charge in [0, 0.05) is 12.6 Å². The zero-order valence-corrected chi connectivity index (χ0v) is 16.0. The van der Waals surface area contributed by atoms with Crippen molar-refractivity contribution in [3.8, 4) is 0 Å². The first kappa shape index (κ1) is 18.8. The molecule has 1 N–H and O–H groups in total. The van der Waals surface area contributed by atoms with Crippen molar-refractivity contribution in [1.82, 2.24) is 5.32 Å². The second-order valence-electron chi connectivity index (χ2n) is 8.04. The lowest BCUT2D eigenvalue weighted by molar-refractivity contribution is -0.0374. The summed E-state index contributed by atoms with van der Waals surface area (Å²) in [5.74, 6) is -3.37. The second kappa shape index (κ2) is 6.51. The molecule has 0 saturated heterocycles. The largest absolute Gasteiger partial charge is 0.378 e. The summed E-state index contributed by atoms with van der Waals surface area (Å²) in [6, 6.07) is 1.62. The third-order valence-corrected chi connectivity index (χ3v) is 7.83. The SMILES string of the molecule is CCOC1CC2(C1)CC2NC(=O)c1c(F)ccc(S(=O)(=O)CC2CC2)c1F. The molecule has 0 aliphatic heterocycles. The van der Waals surface area contributed by atoms with Crippen molar-refractivity contribution in [2.24, 2.45) is 11.3 Å². The lowest BCUT2D eigenvalue weighted by atomic mass is 9.78. The molecule has 3 aliphatic carbocycles. The lowest BCUT2D eigenvalue weighted by Crippen LogP contribution is -2.40. The van der Waals surface area contributed by atoms with Crippen LogP contribution in [0.4, 0.5) is 8.78 Å². The summed E-state index contributed by atoms with van der Waals surface area (Å²) in [6.45, 7) is 2.56. The minimum atomic E-state index is -3.88. The first-order chi connectivity index (χ1) is 12.8. The Hall–Kier alpha value is -1.54. The van der Waals surface area contributed by atoms with Crippen molar-refractivity contribution in [2.45, 2.75) is 56.1 Å². The lowest BCUT2D eigenvalue weighted by Gasteiger charge is -2.36. The molecule has 3 fully saturated rings. The number of hydrogen-bond donors (Lipinski definition) is 1. The molecule has 4 rings (SSSR count). The van der Waals surface area contributed by atoms with E-state index in [1.54, 1.807) is 0 Å². The van der Waals surface area contributed by atoms with Gasteiger partial charge in [0.05, 0.1) is 11.9 Å². The van der Waals surface area contributed by atoms with Gasteiger partial charge < -0.3 is 10.1 Å². The van der Waals surface area contributed by atoms with Crippen LogP contribution in [0.3, 0.4) is 0 Å². The van der Waals surface area contributed by atoms with Crippen LogP contribution in [0.5, 0.6) is 0 Å². The molecule has 1 aromatic carbocycles. The second-order valence-corrected chi connectivity index (χ2v) is 10.0. The Morgan fingerprint density at radius 2 is 1.96 bits per heavy atom. The fourth-order valence-electron chi connectivity index (χ4n) is 4.10. The van der Waals surface area contributed by atoms with E-state index in [9.17, 15) is 22.0 Å². The minimum absolute atomic E-state index is 0.0277. The highest BCUT2D eigenvalue weighted by Gasteiger charge is 2.62. The van der Waals surface area contributed by atoms with Gasteiger partial charge in [-0.2, -0.15) is 0 Å². The van der Waals surface area contributed by atoms with Crippen molar-refractivity contribution in [1.29, 1.82) is 0 Å². The number of ether oxygens (including phenoxy) is 1. The highest BCUT2D eigenvalue weighted by Crippen LogP contribution is 2.61. The van der Waals surface area contributed by atoms with Crippen molar-refractivity contribution >= 4 is 15.7 Å². The van der Waals surface area contributed by atoms with Gasteiger partial charge in [-0.25, -0.2) is 17.2 Å². The molecule has 8 heteroatoms. The van der Waals surface area contributed by atoms with E-state index in [1.165, 1.54) is 0 Å². The topological polar surface area (TPSA) is 72.5 Å². The summed E-state index contributed by atoms with van der Waals surface area (Å²) in [5.41, 5.74) is -0.840. The third-order valence-electron chi connectivity index (χ3n) is 5.94. The van der Waals surface area contributed by atoms with Gasteiger partial charge in [0.25, 0.3) is 5.91 Å². The molecule has 27 heavy (non-hydrogen) atoms. The zero-order chi connectivity index (χ0) is 19.4. The Morgan fingerprint density at radius 1 is 1.26 bits per heavy atom. The van der Waals surface area contributed by atoms with E-state index in [0.717, 1.165) is 44.2 Å². The fourth-order valence-corrected chi connectivity index (χ4v) is 5.88. The van der Waals surface area contributed by atoms with E-state index in [1.807, 2.05) is 6.92 Å². The van der Waals surface area contributed by atoms with Crippen LogP contribution in [-0.2, 0) is 14.6 Å². The van der Waals surface area contributed by atoms with Gasteiger partial charge in [0.1, 0.15) is 16.3 Å². The maximum Gasteiger partial charge on any atom is 0.257 e. The molecule has 0 aromatic heterocycles. The summed E-state index contributed by atoms with van der Waals surface area (Å²) in [6.07, 6.45) is 4.18. The van der Waals surface area contributed by atoms with Crippen LogP contribution in [0.2, 0.25) is 0 Å². The molecule has 0 radical (unpaired) electrons. The van der Waals surface area contributed by atoms with E-state index in [0.29, 0.717) is 6.61 Å². The predicted molar refractivity (Wildman–Crippen MR) is 94.1 cm³/mol. The number of sulfone groups is 1. The number of benzene rings is 1. The van der Waals surface area contributed by atoms with Gasteiger partial charge in [-0.1, -0.05) is 0 Å². The average molecular weight is 399 g/mol. The van der Waals surface area contributed by atoms with E-state index >= 15 is 0 Å². The van der Waals surface area contributed by atoms with Crippen LogP contribution in [0, 0.1) is 23.0 Å². The highest BCUT2D eigenvalue weighted by molar-refractivity contribution is 7.91. The van der Waals surface area contributed by atoms with Crippen LogP contribution < -0.4 is 5.32 Å². The van der Waals surface area contributed by atoms with Crippen LogP contribution in [0.25, 0.3) is 0 Å². The smallest absolute Gasteiger partial charge is 0.257 e. The first-order valence-electron chi connectivity index (χ1n) is 9.39. The van der Waals surface area contributed by atoms with Gasteiger partial charge in [0.15, 0.2) is 15.7 Å². The normalized spacial score (nSPS) is 29.4. The Morgan fingerprint density at radius 3 is 2.59 bits per heavy atom. The molecule has 1 aromatic rings. The molecule has 0 bridgehead atoms. The van der Waals surface area contributed by atoms with E-state index in [4.69, 9.17) is 4.74 Å². The summed E-state index contributed by atoms with van der Waals surface area (Å²) in [5, 5.41) is 2.67. The van der Waals surface area contributed by atoms with Crippen molar-refractivity contribution in [3.63, 3.8) is 0 Å². The zero-order valence-electron chi connectivity index (χ0n) is 15.1. The molecule has 3 saturated carbocycles. The van der Waals surface area contributed by atoms with Crippen molar-refractivity contribution in [2.75, 3.05) is 12.4 Å². The summed E-state index contributed by atoms with van der Waals surface area (Å²) in [4.78, 5) is 11.9. The van der Waals surface area contributed by atoms with Crippen LogP contribution in [0.1, 0.15) is 49.4 Å². The Balaban J connectivity index is 1.48. The fraction of sp³-hybridized carbons (Fsp3) is 0.632. The number of carbonyl (C=O) groups excluding carboxylic acids is 1.